The molecule has 2 heteroatoms. The van der Waals surface area contributed by atoms with E-state index in [4.69, 9.17) is 0 Å². The van der Waals surface area contributed by atoms with Crippen molar-refractivity contribution in [1.82, 2.24) is 10.6 Å². The van der Waals surface area contributed by atoms with E-state index in [1.807, 2.05) is 0 Å². The highest BCUT2D eigenvalue weighted by Crippen LogP contribution is 2.34. The largest absolute Gasteiger partial charge is 0.382 e. The van der Waals surface area contributed by atoms with Gasteiger partial charge in [-0.3, -0.25) is 0 Å². The van der Waals surface area contributed by atoms with E-state index >= 15 is 0 Å². The lowest BCUT2D eigenvalue weighted by Gasteiger charge is -2.38. The van der Waals surface area contributed by atoms with Crippen molar-refractivity contribution in [3.05, 3.63) is 24.4 Å². The molecule has 0 spiro atoms. The van der Waals surface area contributed by atoms with E-state index in [9.17, 15) is 0 Å². The first-order valence-electron chi connectivity index (χ1n) is 9.58. The van der Waals surface area contributed by atoms with Crippen LogP contribution in [0.25, 0.3) is 0 Å². The summed E-state index contributed by atoms with van der Waals surface area (Å²) in [4.78, 5) is 0. The van der Waals surface area contributed by atoms with Crippen LogP contribution in [0.3, 0.4) is 0 Å². The standard InChI is InChI=1S/C16H30N2.C5H12/c1-12(2)11-15(13(3)4)18-14(5)16(6)7-9-17-10-8-16;1-3-5-4-2/h12,15,17-18H,3,5,7-11H2,1-2,4,6H3;3-5H2,1-2H3. The summed E-state index contributed by atoms with van der Waals surface area (Å²) >= 11 is 0. The molecule has 1 unspecified atom stereocenters. The van der Waals surface area contributed by atoms with Gasteiger partial charge in [-0.15, -0.1) is 0 Å². The molecule has 23 heavy (non-hydrogen) atoms. The van der Waals surface area contributed by atoms with Crippen molar-refractivity contribution >= 4 is 0 Å². The number of allylic oxidation sites excluding steroid dienone is 1. The Balaban J connectivity index is 0.000000841. The van der Waals surface area contributed by atoms with Crippen molar-refractivity contribution in [3.63, 3.8) is 0 Å². The Kier molecular flexibility index (Phi) is 11.3. The van der Waals surface area contributed by atoms with Gasteiger partial charge in [0.1, 0.15) is 0 Å². The SMILES string of the molecule is C=C(C)C(CC(C)C)NC(=C)C1(C)CCNCC1.CCCCC. The van der Waals surface area contributed by atoms with Crippen LogP contribution in [0.2, 0.25) is 0 Å². The predicted molar refractivity (Wildman–Crippen MR) is 106 cm³/mol. The molecule has 1 heterocycles. The Morgan fingerprint density at radius 2 is 1.65 bits per heavy atom. The summed E-state index contributed by atoms with van der Waals surface area (Å²) in [5.41, 5.74) is 2.63. The van der Waals surface area contributed by atoms with E-state index in [2.05, 4.69) is 65.3 Å². The van der Waals surface area contributed by atoms with Gasteiger partial charge in [-0.05, 0) is 45.2 Å². The summed E-state index contributed by atoms with van der Waals surface area (Å²) < 4.78 is 0. The van der Waals surface area contributed by atoms with Gasteiger partial charge >= 0.3 is 0 Å². The van der Waals surface area contributed by atoms with Gasteiger partial charge < -0.3 is 10.6 Å². The average Bonchev–Trinajstić information content (AvgIpc) is 2.48. The quantitative estimate of drug-likeness (QED) is 0.563. The van der Waals surface area contributed by atoms with Crippen LogP contribution in [0, 0.1) is 11.3 Å². The van der Waals surface area contributed by atoms with Gasteiger partial charge in [0.05, 0.1) is 0 Å². The van der Waals surface area contributed by atoms with Gasteiger partial charge in [-0.2, -0.15) is 0 Å². The van der Waals surface area contributed by atoms with Crippen LogP contribution in [0.15, 0.2) is 24.4 Å². The molecule has 0 aromatic rings. The zero-order valence-corrected chi connectivity index (χ0v) is 16.7. The molecular formula is C21H42N2. The second-order valence-corrected chi connectivity index (χ2v) is 7.82. The third kappa shape index (κ3) is 9.20. The van der Waals surface area contributed by atoms with Crippen LogP contribution in [-0.2, 0) is 0 Å². The van der Waals surface area contributed by atoms with Gasteiger partial charge in [0.25, 0.3) is 0 Å². The summed E-state index contributed by atoms with van der Waals surface area (Å²) in [5, 5.41) is 7.05. The third-order valence-electron chi connectivity index (χ3n) is 4.79. The first-order valence-corrected chi connectivity index (χ1v) is 9.58. The summed E-state index contributed by atoms with van der Waals surface area (Å²) in [5.74, 6) is 0.674. The maximum Gasteiger partial charge on any atom is 0.0467 e. The van der Waals surface area contributed by atoms with Crippen molar-refractivity contribution in [2.45, 2.75) is 86.1 Å². The molecule has 0 radical (unpaired) electrons. The van der Waals surface area contributed by atoms with Crippen molar-refractivity contribution in [2.24, 2.45) is 11.3 Å². The Labute approximate surface area is 146 Å². The van der Waals surface area contributed by atoms with Gasteiger partial charge in [-0.25, -0.2) is 0 Å². The highest BCUT2D eigenvalue weighted by atomic mass is 15.0. The second kappa shape index (κ2) is 11.7. The monoisotopic (exact) mass is 322 g/mol. The minimum absolute atomic E-state index is 0.232. The summed E-state index contributed by atoms with van der Waals surface area (Å²) in [7, 11) is 0. The molecule has 0 saturated carbocycles. The maximum absolute atomic E-state index is 4.30. The fourth-order valence-corrected chi connectivity index (χ4v) is 2.87. The molecular weight excluding hydrogens is 280 g/mol. The number of nitrogens with one attached hydrogen (secondary N) is 2. The van der Waals surface area contributed by atoms with E-state index in [0.717, 1.165) is 19.5 Å². The van der Waals surface area contributed by atoms with Gasteiger partial charge in [-0.1, -0.05) is 72.6 Å². The zero-order valence-electron chi connectivity index (χ0n) is 16.7. The number of rotatable bonds is 8. The Morgan fingerprint density at radius 3 is 2.00 bits per heavy atom. The van der Waals surface area contributed by atoms with Crippen LogP contribution in [0.4, 0.5) is 0 Å². The second-order valence-electron chi connectivity index (χ2n) is 7.82. The fourth-order valence-electron chi connectivity index (χ4n) is 2.87. The van der Waals surface area contributed by atoms with Crippen molar-refractivity contribution < 1.29 is 0 Å². The molecule has 1 aliphatic rings. The van der Waals surface area contributed by atoms with Crippen LogP contribution in [-0.4, -0.2) is 19.1 Å². The minimum Gasteiger partial charge on any atom is -0.382 e. The van der Waals surface area contributed by atoms with E-state index in [1.54, 1.807) is 0 Å². The molecule has 1 saturated heterocycles. The highest BCUT2D eigenvalue weighted by molar-refractivity contribution is 5.14. The number of hydrogen-bond donors (Lipinski definition) is 2. The predicted octanol–water partition coefficient (Wildman–Crippen LogP) is 5.67. The third-order valence-corrected chi connectivity index (χ3v) is 4.79. The van der Waals surface area contributed by atoms with E-state index < -0.39 is 0 Å². The first-order chi connectivity index (χ1) is 10.8. The van der Waals surface area contributed by atoms with Crippen LogP contribution < -0.4 is 10.6 Å². The zero-order chi connectivity index (χ0) is 17.9. The summed E-state index contributed by atoms with van der Waals surface area (Å²) in [6.07, 6.45) is 7.54. The van der Waals surface area contributed by atoms with Crippen molar-refractivity contribution in [1.29, 1.82) is 0 Å². The molecule has 0 amide bonds. The first kappa shape index (κ1) is 22.2. The van der Waals surface area contributed by atoms with Crippen LogP contribution in [0.5, 0.6) is 0 Å². The number of hydrogen-bond acceptors (Lipinski definition) is 2. The molecule has 136 valence electrons. The minimum atomic E-state index is 0.232. The lowest BCUT2D eigenvalue weighted by Crippen LogP contribution is -2.42. The fraction of sp³-hybridized carbons (Fsp3) is 0.810. The molecule has 0 aromatic heterocycles. The molecule has 0 aromatic carbocycles. The number of unbranched alkanes of at least 4 members (excludes halogenated alkanes) is 2. The van der Waals surface area contributed by atoms with Gasteiger partial charge in [0.15, 0.2) is 0 Å². The topological polar surface area (TPSA) is 24.1 Å². The lowest BCUT2D eigenvalue weighted by molar-refractivity contribution is 0.261. The van der Waals surface area contributed by atoms with E-state index in [-0.39, 0.29) is 5.41 Å². The average molecular weight is 323 g/mol. The maximum atomic E-state index is 4.30. The molecule has 0 bridgehead atoms. The van der Waals surface area contributed by atoms with Crippen LogP contribution in [0.1, 0.15) is 80.1 Å². The molecule has 2 N–H and O–H groups in total. The molecule has 0 aliphatic carbocycles. The van der Waals surface area contributed by atoms with Gasteiger partial charge in [0.2, 0.25) is 0 Å². The Bertz CT molecular complexity index is 336. The van der Waals surface area contributed by atoms with Crippen molar-refractivity contribution in [3.8, 4) is 0 Å². The molecule has 1 aliphatic heterocycles. The molecule has 1 fully saturated rings. The van der Waals surface area contributed by atoms with E-state index in [0.29, 0.717) is 12.0 Å². The molecule has 1 atom stereocenters. The smallest absolute Gasteiger partial charge is 0.0467 e. The summed E-state index contributed by atoms with van der Waals surface area (Å²) in [6, 6.07) is 0.365. The number of piperidine rings is 1. The normalized spacial score (nSPS) is 17.9. The Hall–Kier alpha value is -0.760. The Morgan fingerprint density at radius 1 is 1.13 bits per heavy atom. The molecule has 1 rings (SSSR count). The molecule has 2 nitrogen and oxygen atoms in total. The summed E-state index contributed by atoms with van der Waals surface area (Å²) in [6.45, 7) is 24.0. The van der Waals surface area contributed by atoms with E-state index in [1.165, 1.54) is 43.4 Å². The highest BCUT2D eigenvalue weighted by Gasteiger charge is 2.30. The van der Waals surface area contributed by atoms with Crippen LogP contribution >= 0.6 is 0 Å². The lowest BCUT2D eigenvalue weighted by atomic mass is 9.78. The van der Waals surface area contributed by atoms with Gasteiger partial charge in [0, 0.05) is 17.2 Å². The van der Waals surface area contributed by atoms with Crippen molar-refractivity contribution in [2.75, 3.05) is 13.1 Å².